The third kappa shape index (κ3) is 3.70. The number of nitrogens with zero attached hydrogens (tertiary/aromatic N) is 1. The summed E-state index contributed by atoms with van der Waals surface area (Å²) in [5.74, 6) is -0.486. The molecule has 5 heteroatoms. The van der Waals surface area contributed by atoms with E-state index in [4.69, 9.17) is 0 Å². The summed E-state index contributed by atoms with van der Waals surface area (Å²) in [5.41, 5.74) is 3.89. The Bertz CT molecular complexity index is 947. The molecule has 0 fully saturated rings. The largest absolute Gasteiger partial charge is 0.321 e. The molecular formula is C23H26N2O3. The molecule has 1 aliphatic heterocycles. The van der Waals surface area contributed by atoms with Crippen LogP contribution >= 0.6 is 0 Å². The Morgan fingerprint density at radius 3 is 2.46 bits per heavy atom. The zero-order valence-electron chi connectivity index (χ0n) is 16.8. The molecule has 3 rings (SSSR count). The molecule has 0 saturated carbocycles. The highest BCUT2D eigenvalue weighted by atomic mass is 16.2. The fourth-order valence-electron chi connectivity index (χ4n) is 3.41. The Morgan fingerprint density at radius 1 is 1.07 bits per heavy atom. The summed E-state index contributed by atoms with van der Waals surface area (Å²) in [5, 5.41) is 2.97. The van der Waals surface area contributed by atoms with Gasteiger partial charge in [-0.05, 0) is 55.0 Å². The first-order valence-electron chi connectivity index (χ1n) is 9.73. The van der Waals surface area contributed by atoms with Gasteiger partial charge in [-0.15, -0.1) is 0 Å². The van der Waals surface area contributed by atoms with Crippen LogP contribution in [0, 0.1) is 12.8 Å². The molecule has 2 aromatic rings. The van der Waals surface area contributed by atoms with Gasteiger partial charge in [0.2, 0.25) is 0 Å². The van der Waals surface area contributed by atoms with Crippen molar-refractivity contribution in [3.8, 4) is 0 Å². The lowest BCUT2D eigenvalue weighted by atomic mass is 10.0. The molecule has 146 valence electrons. The van der Waals surface area contributed by atoms with Gasteiger partial charge in [-0.25, -0.2) is 0 Å². The first-order chi connectivity index (χ1) is 13.3. The molecule has 0 saturated heterocycles. The average Bonchev–Trinajstić information content (AvgIpc) is 2.91. The lowest BCUT2D eigenvalue weighted by Gasteiger charge is -2.14. The van der Waals surface area contributed by atoms with E-state index in [1.807, 2.05) is 32.0 Å². The molecule has 0 radical (unpaired) electrons. The summed E-state index contributed by atoms with van der Waals surface area (Å²) in [7, 11) is 0. The van der Waals surface area contributed by atoms with Crippen molar-refractivity contribution in [2.24, 2.45) is 5.92 Å². The van der Waals surface area contributed by atoms with Crippen molar-refractivity contribution in [2.45, 2.75) is 40.5 Å². The minimum atomic E-state index is -0.319. The van der Waals surface area contributed by atoms with Crippen molar-refractivity contribution in [1.29, 1.82) is 0 Å². The van der Waals surface area contributed by atoms with Gasteiger partial charge < -0.3 is 5.32 Å². The van der Waals surface area contributed by atoms with E-state index in [1.54, 1.807) is 12.1 Å². The van der Waals surface area contributed by atoms with Gasteiger partial charge in [0.05, 0.1) is 11.1 Å². The lowest BCUT2D eigenvalue weighted by molar-refractivity contribution is 0.0647. The molecule has 1 heterocycles. The summed E-state index contributed by atoms with van der Waals surface area (Å²) < 4.78 is 0. The molecule has 5 nitrogen and oxygen atoms in total. The van der Waals surface area contributed by atoms with E-state index in [9.17, 15) is 14.4 Å². The van der Waals surface area contributed by atoms with E-state index in [-0.39, 0.29) is 17.7 Å². The second-order valence-electron chi connectivity index (χ2n) is 7.62. The molecule has 1 aliphatic rings. The second kappa shape index (κ2) is 7.97. The normalized spacial score (nSPS) is 13.2. The van der Waals surface area contributed by atoms with Gasteiger partial charge in [0.15, 0.2) is 0 Å². The van der Waals surface area contributed by atoms with Gasteiger partial charge in [-0.2, -0.15) is 0 Å². The zero-order chi connectivity index (χ0) is 20.4. The monoisotopic (exact) mass is 378 g/mol. The number of amides is 3. The lowest BCUT2D eigenvalue weighted by Crippen LogP contribution is -2.31. The van der Waals surface area contributed by atoms with Crippen LogP contribution in [0.2, 0.25) is 0 Å². The average molecular weight is 378 g/mol. The molecule has 28 heavy (non-hydrogen) atoms. The van der Waals surface area contributed by atoms with E-state index < -0.39 is 0 Å². The Kier molecular flexibility index (Phi) is 5.63. The maximum Gasteiger partial charge on any atom is 0.261 e. The molecule has 1 N–H and O–H groups in total. The van der Waals surface area contributed by atoms with Gasteiger partial charge >= 0.3 is 0 Å². The first-order valence-corrected chi connectivity index (χ1v) is 9.73. The van der Waals surface area contributed by atoms with Crippen LogP contribution in [0.4, 0.5) is 5.69 Å². The summed E-state index contributed by atoms with van der Waals surface area (Å²) in [6, 6.07) is 10.6. The summed E-state index contributed by atoms with van der Waals surface area (Å²) in [4.78, 5) is 39.3. The molecule has 0 unspecified atom stereocenters. The Hall–Kier alpha value is -2.95. The Balaban J connectivity index is 1.85. The summed E-state index contributed by atoms with van der Waals surface area (Å²) >= 11 is 0. The topological polar surface area (TPSA) is 66.5 Å². The number of benzene rings is 2. The number of hydrogen-bond donors (Lipinski definition) is 1. The highest BCUT2D eigenvalue weighted by Gasteiger charge is 2.35. The van der Waals surface area contributed by atoms with Gasteiger partial charge in [0, 0.05) is 17.8 Å². The number of rotatable bonds is 6. The molecular weight excluding hydrogens is 352 g/mol. The summed E-state index contributed by atoms with van der Waals surface area (Å²) in [6.45, 7) is 8.49. The maximum absolute atomic E-state index is 12.8. The van der Waals surface area contributed by atoms with E-state index in [0.717, 1.165) is 29.7 Å². The van der Waals surface area contributed by atoms with Crippen molar-refractivity contribution in [1.82, 2.24) is 4.90 Å². The van der Waals surface area contributed by atoms with E-state index in [2.05, 4.69) is 19.2 Å². The fraction of sp³-hybridized carbons (Fsp3) is 0.348. The SMILES string of the molecule is CCc1cccc(C)c1NC(=O)c1ccc2c(c1)C(=O)N(CCC(C)C)C2=O. The van der Waals surface area contributed by atoms with Crippen LogP contribution in [0.15, 0.2) is 36.4 Å². The third-order valence-electron chi connectivity index (χ3n) is 5.14. The number of anilines is 1. The first kappa shape index (κ1) is 19.8. The number of para-hydroxylation sites is 1. The zero-order valence-corrected chi connectivity index (χ0v) is 16.8. The number of carbonyl (C=O) groups excluding carboxylic acids is 3. The van der Waals surface area contributed by atoms with Crippen molar-refractivity contribution < 1.29 is 14.4 Å². The molecule has 0 aromatic heterocycles. The standard InChI is InChI=1S/C23H26N2O3/c1-5-16-8-6-7-15(4)20(16)24-21(26)17-9-10-18-19(13-17)23(28)25(22(18)27)12-11-14(2)3/h6-10,13-14H,5,11-12H2,1-4H3,(H,24,26). The van der Waals surface area contributed by atoms with Gasteiger partial charge in [0.25, 0.3) is 17.7 Å². The predicted molar refractivity (Wildman–Crippen MR) is 110 cm³/mol. The maximum atomic E-state index is 12.8. The van der Waals surface area contributed by atoms with Gasteiger partial charge in [-0.1, -0.05) is 39.0 Å². The molecule has 0 aliphatic carbocycles. The quantitative estimate of drug-likeness (QED) is 0.755. The summed E-state index contributed by atoms with van der Waals surface area (Å²) in [6.07, 6.45) is 1.56. The van der Waals surface area contributed by atoms with Gasteiger partial charge in [0.1, 0.15) is 0 Å². The van der Waals surface area contributed by atoms with Gasteiger partial charge in [-0.3, -0.25) is 19.3 Å². The molecule has 3 amide bonds. The number of carbonyl (C=O) groups is 3. The Morgan fingerprint density at radius 2 is 1.79 bits per heavy atom. The van der Waals surface area contributed by atoms with E-state index >= 15 is 0 Å². The number of fused-ring (bicyclic) bond motifs is 1. The molecule has 0 spiro atoms. The minimum absolute atomic E-state index is 0.278. The molecule has 0 atom stereocenters. The van der Waals surface area contributed by atoms with Crippen molar-refractivity contribution in [3.05, 3.63) is 64.2 Å². The van der Waals surface area contributed by atoms with Crippen LogP contribution in [0.1, 0.15) is 69.4 Å². The van der Waals surface area contributed by atoms with Crippen LogP contribution in [0.5, 0.6) is 0 Å². The smallest absolute Gasteiger partial charge is 0.261 e. The number of hydrogen-bond acceptors (Lipinski definition) is 3. The Labute approximate surface area is 165 Å². The minimum Gasteiger partial charge on any atom is -0.321 e. The fourth-order valence-corrected chi connectivity index (χ4v) is 3.41. The third-order valence-corrected chi connectivity index (χ3v) is 5.14. The highest BCUT2D eigenvalue weighted by Crippen LogP contribution is 2.26. The second-order valence-corrected chi connectivity index (χ2v) is 7.62. The van der Waals surface area contributed by atoms with E-state index in [0.29, 0.717) is 29.2 Å². The van der Waals surface area contributed by atoms with Crippen LogP contribution in [0.3, 0.4) is 0 Å². The van der Waals surface area contributed by atoms with Crippen LogP contribution in [0.25, 0.3) is 0 Å². The van der Waals surface area contributed by atoms with Crippen molar-refractivity contribution in [2.75, 3.05) is 11.9 Å². The van der Waals surface area contributed by atoms with E-state index in [1.165, 1.54) is 11.0 Å². The molecule has 2 aromatic carbocycles. The molecule has 0 bridgehead atoms. The van der Waals surface area contributed by atoms with Crippen LogP contribution in [-0.4, -0.2) is 29.2 Å². The van der Waals surface area contributed by atoms with Crippen molar-refractivity contribution >= 4 is 23.4 Å². The van der Waals surface area contributed by atoms with Crippen LogP contribution in [-0.2, 0) is 6.42 Å². The number of imide groups is 1. The number of aryl methyl sites for hydroxylation is 2. The van der Waals surface area contributed by atoms with Crippen molar-refractivity contribution in [3.63, 3.8) is 0 Å². The highest BCUT2D eigenvalue weighted by molar-refractivity contribution is 6.22. The van der Waals surface area contributed by atoms with Crippen LogP contribution < -0.4 is 5.32 Å². The number of nitrogens with one attached hydrogen (secondary N) is 1. The predicted octanol–water partition coefficient (Wildman–Crippen LogP) is 4.45.